The van der Waals surface area contributed by atoms with E-state index in [0.717, 1.165) is 24.6 Å². The summed E-state index contributed by atoms with van der Waals surface area (Å²) in [5.74, 6) is -1.70. The van der Waals surface area contributed by atoms with E-state index in [4.69, 9.17) is 18.9 Å². The van der Waals surface area contributed by atoms with Crippen molar-refractivity contribution in [2.24, 2.45) is 5.92 Å². The van der Waals surface area contributed by atoms with Gasteiger partial charge < -0.3 is 18.9 Å². The maximum atomic E-state index is 13.1. The molecule has 0 radical (unpaired) electrons. The van der Waals surface area contributed by atoms with Gasteiger partial charge in [-0.05, 0) is 13.8 Å². The Balaban J connectivity index is 1.52. The second-order valence-corrected chi connectivity index (χ2v) is 6.35. The molecule has 1 aromatic rings. The third-order valence-electron chi connectivity index (χ3n) is 3.90. The normalized spacial score (nSPS) is 31.0. The number of hydrogen-bond acceptors (Lipinski definition) is 4. The molecule has 0 N–H and O–H groups in total. The van der Waals surface area contributed by atoms with Crippen LogP contribution in [0.5, 0.6) is 5.75 Å². The molecule has 2 saturated heterocycles. The molecular weight excluding hydrogens is 294 g/mol. The molecule has 0 saturated carbocycles. The van der Waals surface area contributed by atoms with Crippen molar-refractivity contribution < 1.29 is 27.7 Å². The van der Waals surface area contributed by atoms with E-state index in [1.54, 1.807) is 0 Å². The lowest BCUT2D eigenvalue weighted by atomic mass is 10.0. The largest absolute Gasteiger partial charge is 0.493 e. The lowest BCUT2D eigenvalue weighted by Gasteiger charge is -2.23. The number of fused-ring (bicyclic) bond motifs is 1. The van der Waals surface area contributed by atoms with Gasteiger partial charge in [0.2, 0.25) is 0 Å². The van der Waals surface area contributed by atoms with Gasteiger partial charge >= 0.3 is 0 Å². The Labute approximate surface area is 128 Å². The average molecular weight is 314 g/mol. The van der Waals surface area contributed by atoms with Crippen molar-refractivity contribution in [3.8, 4) is 5.75 Å². The van der Waals surface area contributed by atoms with Gasteiger partial charge in [-0.15, -0.1) is 0 Å². The number of hydrogen-bond donors (Lipinski definition) is 0. The van der Waals surface area contributed by atoms with Crippen LogP contribution in [0.3, 0.4) is 0 Å². The molecule has 122 valence electrons. The highest BCUT2D eigenvalue weighted by Gasteiger charge is 2.49. The SMILES string of the molecule is CC(COc1cc(F)cc(F)c1)C1CC2OC(C)(C)OC2O1. The molecule has 1 aromatic carbocycles. The average Bonchev–Trinajstić information content (AvgIpc) is 2.88. The fourth-order valence-corrected chi connectivity index (χ4v) is 2.85. The van der Waals surface area contributed by atoms with Gasteiger partial charge in [0.25, 0.3) is 0 Å². The molecule has 0 amide bonds. The molecule has 4 atom stereocenters. The van der Waals surface area contributed by atoms with Gasteiger partial charge in [0.15, 0.2) is 12.1 Å². The Morgan fingerprint density at radius 2 is 1.91 bits per heavy atom. The number of ether oxygens (including phenoxy) is 4. The molecule has 0 aromatic heterocycles. The monoisotopic (exact) mass is 314 g/mol. The van der Waals surface area contributed by atoms with Crippen LogP contribution in [-0.2, 0) is 14.2 Å². The molecule has 0 aliphatic carbocycles. The first-order chi connectivity index (χ1) is 10.3. The van der Waals surface area contributed by atoms with Gasteiger partial charge in [0, 0.05) is 30.5 Å². The zero-order valence-corrected chi connectivity index (χ0v) is 12.8. The van der Waals surface area contributed by atoms with Gasteiger partial charge in [-0.3, -0.25) is 0 Å². The molecule has 22 heavy (non-hydrogen) atoms. The van der Waals surface area contributed by atoms with Crippen LogP contribution in [0.2, 0.25) is 0 Å². The van der Waals surface area contributed by atoms with Crippen molar-refractivity contribution in [2.45, 2.75) is 51.5 Å². The Morgan fingerprint density at radius 1 is 1.23 bits per heavy atom. The number of benzene rings is 1. The van der Waals surface area contributed by atoms with E-state index < -0.39 is 17.4 Å². The van der Waals surface area contributed by atoms with Gasteiger partial charge in [0.1, 0.15) is 23.5 Å². The van der Waals surface area contributed by atoms with Crippen molar-refractivity contribution in [3.63, 3.8) is 0 Å². The van der Waals surface area contributed by atoms with Crippen molar-refractivity contribution in [1.82, 2.24) is 0 Å². The molecule has 2 aliphatic rings. The van der Waals surface area contributed by atoms with Crippen molar-refractivity contribution in [1.29, 1.82) is 0 Å². The predicted octanol–water partition coefficient (Wildman–Crippen LogP) is 3.25. The summed E-state index contributed by atoms with van der Waals surface area (Å²) in [5.41, 5.74) is 0. The summed E-state index contributed by atoms with van der Waals surface area (Å²) >= 11 is 0. The Bertz CT molecular complexity index is 513. The summed E-state index contributed by atoms with van der Waals surface area (Å²) in [5, 5.41) is 0. The highest BCUT2D eigenvalue weighted by Crippen LogP contribution is 2.39. The minimum Gasteiger partial charge on any atom is -0.493 e. The van der Waals surface area contributed by atoms with E-state index in [1.165, 1.54) is 0 Å². The zero-order valence-electron chi connectivity index (χ0n) is 12.8. The molecule has 4 unspecified atom stereocenters. The molecule has 0 bridgehead atoms. The number of rotatable bonds is 4. The van der Waals surface area contributed by atoms with Gasteiger partial charge in [-0.1, -0.05) is 6.92 Å². The summed E-state index contributed by atoms with van der Waals surface area (Å²) in [6.07, 6.45) is 0.225. The predicted molar refractivity (Wildman–Crippen MR) is 74.3 cm³/mol. The lowest BCUT2D eigenvalue weighted by Crippen LogP contribution is -2.29. The molecule has 6 heteroatoms. The third kappa shape index (κ3) is 3.39. The third-order valence-corrected chi connectivity index (χ3v) is 3.90. The summed E-state index contributed by atoms with van der Waals surface area (Å²) < 4.78 is 48.9. The van der Waals surface area contributed by atoms with Crippen LogP contribution in [-0.4, -0.2) is 30.9 Å². The van der Waals surface area contributed by atoms with Gasteiger partial charge in [-0.2, -0.15) is 0 Å². The highest BCUT2D eigenvalue weighted by atomic mass is 19.1. The zero-order chi connectivity index (χ0) is 15.9. The number of halogens is 2. The van der Waals surface area contributed by atoms with E-state index in [0.29, 0.717) is 6.61 Å². The minimum atomic E-state index is -0.654. The Kier molecular flexibility index (Phi) is 4.09. The van der Waals surface area contributed by atoms with E-state index in [9.17, 15) is 8.78 Å². The van der Waals surface area contributed by atoms with E-state index in [-0.39, 0.29) is 30.2 Å². The Hall–Kier alpha value is -1.24. The van der Waals surface area contributed by atoms with Gasteiger partial charge in [0.05, 0.1) is 12.7 Å². The highest BCUT2D eigenvalue weighted by molar-refractivity contribution is 5.23. The van der Waals surface area contributed by atoms with Crippen molar-refractivity contribution >= 4 is 0 Å². The topological polar surface area (TPSA) is 36.9 Å². The first-order valence-electron chi connectivity index (χ1n) is 7.42. The fraction of sp³-hybridized carbons (Fsp3) is 0.625. The standard InChI is InChI=1S/C16H20F2O4/c1-9(8-19-12-5-10(17)4-11(18)6-12)13-7-14-15(20-13)22-16(2,3)21-14/h4-6,9,13-15H,7-8H2,1-3H3. The summed E-state index contributed by atoms with van der Waals surface area (Å²) in [6.45, 7) is 5.98. The van der Waals surface area contributed by atoms with E-state index in [2.05, 4.69) is 0 Å². The molecule has 0 spiro atoms. The summed E-state index contributed by atoms with van der Waals surface area (Å²) in [4.78, 5) is 0. The quantitative estimate of drug-likeness (QED) is 0.855. The molecule has 2 fully saturated rings. The molecule has 2 heterocycles. The van der Waals surface area contributed by atoms with E-state index in [1.807, 2.05) is 20.8 Å². The summed E-state index contributed by atoms with van der Waals surface area (Å²) in [7, 11) is 0. The maximum Gasteiger partial charge on any atom is 0.187 e. The van der Waals surface area contributed by atoms with Crippen LogP contribution in [0.25, 0.3) is 0 Å². The fourth-order valence-electron chi connectivity index (χ4n) is 2.85. The van der Waals surface area contributed by atoms with Crippen LogP contribution < -0.4 is 4.74 Å². The van der Waals surface area contributed by atoms with Crippen LogP contribution in [0.15, 0.2) is 18.2 Å². The van der Waals surface area contributed by atoms with Crippen molar-refractivity contribution in [3.05, 3.63) is 29.8 Å². The minimum absolute atomic E-state index is 0.0484. The van der Waals surface area contributed by atoms with E-state index >= 15 is 0 Å². The van der Waals surface area contributed by atoms with Crippen molar-refractivity contribution in [2.75, 3.05) is 6.61 Å². The van der Waals surface area contributed by atoms with Crippen LogP contribution in [0.4, 0.5) is 8.78 Å². The Morgan fingerprint density at radius 3 is 2.55 bits per heavy atom. The second-order valence-electron chi connectivity index (χ2n) is 6.35. The van der Waals surface area contributed by atoms with Crippen LogP contribution in [0, 0.1) is 17.6 Å². The van der Waals surface area contributed by atoms with Gasteiger partial charge in [-0.25, -0.2) is 8.78 Å². The molecular formula is C16H20F2O4. The molecule has 4 nitrogen and oxygen atoms in total. The lowest BCUT2D eigenvalue weighted by molar-refractivity contribution is -0.209. The second kappa shape index (κ2) is 5.76. The first-order valence-corrected chi connectivity index (χ1v) is 7.42. The first kappa shape index (κ1) is 15.6. The summed E-state index contributed by atoms with van der Waals surface area (Å²) in [6, 6.07) is 3.14. The van der Waals surface area contributed by atoms with Crippen LogP contribution >= 0.6 is 0 Å². The maximum absolute atomic E-state index is 13.1. The molecule has 3 rings (SSSR count). The van der Waals surface area contributed by atoms with Crippen LogP contribution in [0.1, 0.15) is 27.2 Å². The molecule has 2 aliphatic heterocycles. The smallest absolute Gasteiger partial charge is 0.187 e.